The molecule has 0 amide bonds. The Morgan fingerprint density at radius 2 is 0.541 bits per heavy atom. The van der Waals surface area contributed by atoms with E-state index in [9.17, 15) is 14.7 Å². The van der Waals surface area contributed by atoms with Crippen molar-refractivity contribution in [1.82, 2.24) is 0 Å². The monoisotopic (exact) mass is 1020 g/mol. The van der Waals surface area contributed by atoms with E-state index in [0.717, 1.165) is 128 Å². The van der Waals surface area contributed by atoms with Crippen LogP contribution in [0.3, 0.4) is 0 Å². The van der Waals surface area contributed by atoms with Gasteiger partial charge in [-0.05, 0) is 122 Å². The summed E-state index contributed by atoms with van der Waals surface area (Å²) < 4.78 is 10.7. The van der Waals surface area contributed by atoms with Crippen LogP contribution < -0.4 is 0 Å². The lowest BCUT2D eigenvalue weighted by atomic mass is 10.0. The molecule has 1 N–H and O–H groups in total. The van der Waals surface area contributed by atoms with Crippen LogP contribution in [0.5, 0.6) is 0 Å². The molecule has 0 rings (SSSR count). The number of aliphatic hydroxyl groups is 1. The number of rotatable bonds is 53. The number of ether oxygens (including phenoxy) is 2. The summed E-state index contributed by atoms with van der Waals surface area (Å²) in [5.41, 5.74) is 0. The number of carbonyl (C=O) groups excluding carboxylic acids is 2. The summed E-state index contributed by atoms with van der Waals surface area (Å²) in [5.74, 6) is -0.610. The molecule has 0 aromatic carbocycles. The number of hydrogen-bond donors (Lipinski definition) is 1. The molecule has 0 bridgehead atoms. The molecule has 0 aromatic heterocycles. The predicted molar refractivity (Wildman–Crippen MR) is 324 cm³/mol. The highest BCUT2D eigenvalue weighted by Gasteiger charge is 2.16. The van der Waals surface area contributed by atoms with Crippen molar-refractivity contribution in [2.24, 2.45) is 0 Å². The van der Waals surface area contributed by atoms with Crippen molar-refractivity contribution in [3.8, 4) is 0 Å². The van der Waals surface area contributed by atoms with Crippen LogP contribution in [-0.2, 0) is 19.1 Å². The number of aliphatic hydroxyl groups excluding tert-OH is 1. The third-order valence-corrected chi connectivity index (χ3v) is 12.3. The van der Waals surface area contributed by atoms with Crippen LogP contribution in [0.15, 0.2) is 158 Å². The molecule has 1 atom stereocenters. The van der Waals surface area contributed by atoms with E-state index in [4.69, 9.17) is 9.47 Å². The number of hydrogen-bond acceptors (Lipinski definition) is 5. The zero-order valence-corrected chi connectivity index (χ0v) is 47.5. The first-order chi connectivity index (χ1) is 36.6. The van der Waals surface area contributed by atoms with Crippen LogP contribution in [0.2, 0.25) is 0 Å². The van der Waals surface area contributed by atoms with E-state index in [-0.39, 0.29) is 25.2 Å². The Hall–Kier alpha value is -4.48. The Kier molecular flexibility index (Phi) is 59.0. The average molecular weight is 1020 g/mol. The summed E-state index contributed by atoms with van der Waals surface area (Å²) in [5, 5.41) is 9.66. The standard InChI is InChI=1S/C69H110O5/c1-3-5-7-9-11-13-15-17-19-21-23-25-26-27-28-29-30-31-32-33-34-35-36-37-38-39-40-41-42-44-46-48-50-52-54-56-58-60-62-64-69(72)74-67(65-70)66-73-68(71)63-61-59-57-55-53-51-49-47-45-43-24-22-20-18-16-14-12-10-8-6-4-2/h5-8,11-14,17-20,23-25,27-28,30-31,33-34,36-37,39-40,43,67,70H,3-4,9-10,15-16,21-22,26,29,32,35,38,41-42,44-66H2,1-2H3/b7-5-,8-6-,13-11-,14-12-,19-17-,20-18-,25-23-,28-27-,31-30-,34-33-,37-36-,40-39-,43-24-. The van der Waals surface area contributed by atoms with Gasteiger partial charge in [0.05, 0.1) is 6.61 Å². The molecule has 5 heteroatoms. The van der Waals surface area contributed by atoms with E-state index in [2.05, 4.69) is 172 Å². The van der Waals surface area contributed by atoms with Gasteiger partial charge in [0, 0.05) is 12.8 Å². The number of allylic oxidation sites excluding steroid dienone is 26. The van der Waals surface area contributed by atoms with Crippen LogP contribution in [0.25, 0.3) is 0 Å². The first-order valence-electron chi connectivity index (χ1n) is 30.0. The summed E-state index contributed by atoms with van der Waals surface area (Å²) >= 11 is 0. The van der Waals surface area contributed by atoms with Crippen LogP contribution >= 0.6 is 0 Å². The van der Waals surface area contributed by atoms with E-state index in [1.807, 2.05) is 0 Å². The van der Waals surface area contributed by atoms with Gasteiger partial charge in [0.25, 0.3) is 0 Å². The molecule has 74 heavy (non-hydrogen) atoms. The molecule has 5 nitrogen and oxygen atoms in total. The quantitative estimate of drug-likeness (QED) is 0.0373. The second-order valence-corrected chi connectivity index (χ2v) is 19.3. The van der Waals surface area contributed by atoms with Gasteiger partial charge in [-0.3, -0.25) is 9.59 Å². The first-order valence-corrected chi connectivity index (χ1v) is 30.0. The van der Waals surface area contributed by atoms with E-state index in [1.165, 1.54) is 89.9 Å². The van der Waals surface area contributed by atoms with Crippen molar-refractivity contribution in [3.63, 3.8) is 0 Å². The highest BCUT2D eigenvalue weighted by atomic mass is 16.6. The van der Waals surface area contributed by atoms with Gasteiger partial charge in [-0.15, -0.1) is 0 Å². The Morgan fingerprint density at radius 3 is 0.811 bits per heavy atom. The fourth-order valence-electron chi connectivity index (χ4n) is 7.89. The zero-order valence-electron chi connectivity index (χ0n) is 47.5. The molecular weight excluding hydrogens is 909 g/mol. The zero-order chi connectivity index (χ0) is 53.4. The molecule has 0 aliphatic heterocycles. The first kappa shape index (κ1) is 69.5. The van der Waals surface area contributed by atoms with Gasteiger partial charge in [-0.1, -0.05) is 268 Å². The van der Waals surface area contributed by atoms with E-state index in [0.29, 0.717) is 12.8 Å². The summed E-state index contributed by atoms with van der Waals surface area (Å²) in [6.07, 6.45) is 96.5. The molecule has 0 saturated carbocycles. The lowest BCUT2D eigenvalue weighted by Crippen LogP contribution is -2.28. The molecule has 0 fully saturated rings. The minimum absolute atomic E-state index is 0.0797. The molecule has 416 valence electrons. The van der Waals surface area contributed by atoms with Gasteiger partial charge >= 0.3 is 11.9 Å². The van der Waals surface area contributed by atoms with Crippen molar-refractivity contribution >= 4 is 11.9 Å². The predicted octanol–water partition coefficient (Wildman–Crippen LogP) is 20.7. The Morgan fingerprint density at radius 1 is 0.311 bits per heavy atom. The second kappa shape index (κ2) is 62.8. The fourth-order valence-corrected chi connectivity index (χ4v) is 7.89. The van der Waals surface area contributed by atoms with Crippen molar-refractivity contribution in [2.45, 2.75) is 251 Å². The smallest absolute Gasteiger partial charge is 0.306 e. The molecule has 0 saturated heterocycles. The number of unbranched alkanes of at least 4 members (excludes halogenated alkanes) is 19. The van der Waals surface area contributed by atoms with Gasteiger partial charge in [0.2, 0.25) is 0 Å². The van der Waals surface area contributed by atoms with Crippen molar-refractivity contribution < 1.29 is 24.2 Å². The Bertz CT molecular complexity index is 1620. The SMILES string of the molecule is CC/C=C\C/C=C\C/C=C\C/C=C\C/C=C\C/C=C\C/C=C\C/C=C\C/C=C\CCCCCCCCCCCCCC(=O)OC(CO)COC(=O)CCCCCCCCCC/C=C\C/C=C\C/C=C\C/C=C\CC. The van der Waals surface area contributed by atoms with Gasteiger partial charge in [-0.25, -0.2) is 0 Å². The maximum absolute atomic E-state index is 12.3. The van der Waals surface area contributed by atoms with Crippen molar-refractivity contribution in [2.75, 3.05) is 13.2 Å². The van der Waals surface area contributed by atoms with Crippen LogP contribution in [0, 0.1) is 0 Å². The molecule has 1 unspecified atom stereocenters. The van der Waals surface area contributed by atoms with Gasteiger partial charge in [-0.2, -0.15) is 0 Å². The average Bonchev–Trinajstić information content (AvgIpc) is 3.40. The fraction of sp³-hybridized carbons (Fsp3) is 0.594. The van der Waals surface area contributed by atoms with E-state index >= 15 is 0 Å². The largest absolute Gasteiger partial charge is 0.462 e. The molecule has 0 spiro atoms. The third kappa shape index (κ3) is 60.1. The summed E-state index contributed by atoms with van der Waals surface area (Å²) in [7, 11) is 0. The lowest BCUT2D eigenvalue weighted by Gasteiger charge is -2.15. The summed E-state index contributed by atoms with van der Waals surface area (Å²) in [6.45, 7) is 3.90. The van der Waals surface area contributed by atoms with Crippen LogP contribution in [-0.4, -0.2) is 36.4 Å². The Labute approximate surface area is 456 Å². The highest BCUT2D eigenvalue weighted by Crippen LogP contribution is 2.15. The maximum Gasteiger partial charge on any atom is 0.306 e. The van der Waals surface area contributed by atoms with Crippen molar-refractivity contribution in [1.29, 1.82) is 0 Å². The molecule has 0 aromatic rings. The van der Waals surface area contributed by atoms with Crippen LogP contribution in [0.4, 0.5) is 0 Å². The minimum atomic E-state index is -0.789. The number of esters is 2. The maximum atomic E-state index is 12.3. The molecule has 0 radical (unpaired) electrons. The summed E-state index contributed by atoms with van der Waals surface area (Å²) in [4.78, 5) is 24.5. The van der Waals surface area contributed by atoms with Crippen molar-refractivity contribution in [3.05, 3.63) is 158 Å². The highest BCUT2D eigenvalue weighted by molar-refractivity contribution is 5.70. The third-order valence-electron chi connectivity index (χ3n) is 12.3. The van der Waals surface area contributed by atoms with Gasteiger partial charge in [0.15, 0.2) is 6.10 Å². The lowest BCUT2D eigenvalue weighted by molar-refractivity contribution is -0.161. The number of carbonyl (C=O) groups is 2. The van der Waals surface area contributed by atoms with Gasteiger partial charge in [0.1, 0.15) is 6.61 Å². The van der Waals surface area contributed by atoms with Crippen LogP contribution in [0.1, 0.15) is 245 Å². The summed E-state index contributed by atoms with van der Waals surface area (Å²) in [6, 6.07) is 0. The molecular formula is C69H110O5. The van der Waals surface area contributed by atoms with Gasteiger partial charge < -0.3 is 14.6 Å². The molecule has 0 heterocycles. The van der Waals surface area contributed by atoms with E-state index < -0.39 is 6.10 Å². The second-order valence-electron chi connectivity index (χ2n) is 19.3. The minimum Gasteiger partial charge on any atom is -0.462 e. The molecule has 0 aliphatic carbocycles. The molecule has 0 aliphatic rings. The normalized spacial score (nSPS) is 13.4. The topological polar surface area (TPSA) is 72.8 Å². The Balaban J connectivity index is 3.58. The van der Waals surface area contributed by atoms with E-state index in [1.54, 1.807) is 0 Å².